The van der Waals surface area contributed by atoms with E-state index in [1.165, 1.54) is 27.4 Å². The standard InChI is InChI=1S/C21H21F3N4O/c22-21(23,24)19-8-9-28(25-19)15-20(29)27-12-10-26(11-13-27)14-17-6-3-5-16-4-1-2-7-18(16)17/h1-9H,10-15H2/p+1. The van der Waals surface area contributed by atoms with Crippen LogP contribution in [0.2, 0.25) is 0 Å². The van der Waals surface area contributed by atoms with Gasteiger partial charge in [0.05, 0.1) is 26.2 Å². The van der Waals surface area contributed by atoms with Crippen LogP contribution in [0.4, 0.5) is 13.2 Å². The summed E-state index contributed by atoms with van der Waals surface area (Å²) in [5.74, 6) is -0.203. The summed E-state index contributed by atoms with van der Waals surface area (Å²) in [4.78, 5) is 15.5. The zero-order valence-corrected chi connectivity index (χ0v) is 15.8. The molecule has 0 saturated carbocycles. The Morgan fingerprint density at radius 1 is 1.03 bits per heavy atom. The number of amides is 1. The maximum Gasteiger partial charge on any atom is 0.435 e. The van der Waals surface area contributed by atoms with Gasteiger partial charge >= 0.3 is 6.18 Å². The number of halogens is 3. The molecule has 1 N–H and O–H groups in total. The van der Waals surface area contributed by atoms with E-state index in [0.29, 0.717) is 13.1 Å². The number of piperazine rings is 1. The van der Waals surface area contributed by atoms with Crippen molar-refractivity contribution in [3.63, 3.8) is 0 Å². The maximum atomic E-state index is 12.6. The molecule has 1 aromatic heterocycles. The van der Waals surface area contributed by atoms with Crippen LogP contribution in [0.25, 0.3) is 10.8 Å². The molecule has 1 aliphatic heterocycles. The number of fused-ring (bicyclic) bond motifs is 1. The minimum absolute atomic E-state index is 0.172. The van der Waals surface area contributed by atoms with Crippen LogP contribution in [-0.2, 0) is 24.1 Å². The van der Waals surface area contributed by atoms with Crippen molar-refractivity contribution < 1.29 is 22.9 Å². The fourth-order valence-electron chi connectivity index (χ4n) is 3.80. The number of nitrogens with zero attached hydrogens (tertiary/aromatic N) is 3. The summed E-state index contributed by atoms with van der Waals surface area (Å²) < 4.78 is 39.0. The summed E-state index contributed by atoms with van der Waals surface area (Å²) in [5, 5.41) is 5.92. The number of nitrogens with one attached hydrogen (secondary N) is 1. The van der Waals surface area contributed by atoms with Gasteiger partial charge in [0.15, 0.2) is 5.69 Å². The number of rotatable bonds is 4. The van der Waals surface area contributed by atoms with Crippen LogP contribution in [0, 0.1) is 0 Å². The van der Waals surface area contributed by atoms with Crippen LogP contribution in [0.15, 0.2) is 54.7 Å². The zero-order chi connectivity index (χ0) is 20.4. The molecule has 5 nitrogen and oxygen atoms in total. The summed E-state index contributed by atoms with van der Waals surface area (Å²) in [6.07, 6.45) is -3.30. The lowest BCUT2D eigenvalue weighted by Gasteiger charge is -2.32. The van der Waals surface area contributed by atoms with E-state index in [0.717, 1.165) is 30.4 Å². The lowest BCUT2D eigenvalue weighted by atomic mass is 10.0. The predicted molar refractivity (Wildman–Crippen MR) is 102 cm³/mol. The monoisotopic (exact) mass is 403 g/mol. The molecular formula is C21H22F3N4O+. The maximum absolute atomic E-state index is 12.6. The number of hydrogen-bond acceptors (Lipinski definition) is 2. The van der Waals surface area contributed by atoms with E-state index in [9.17, 15) is 18.0 Å². The van der Waals surface area contributed by atoms with Gasteiger partial charge in [-0.25, -0.2) is 0 Å². The normalized spacial score (nSPS) is 15.8. The molecule has 0 aliphatic carbocycles. The molecule has 29 heavy (non-hydrogen) atoms. The average Bonchev–Trinajstić information content (AvgIpc) is 3.18. The Kier molecular flexibility index (Phi) is 5.27. The van der Waals surface area contributed by atoms with E-state index in [1.807, 2.05) is 12.1 Å². The Bertz CT molecular complexity index is 1000. The highest BCUT2D eigenvalue weighted by Crippen LogP contribution is 2.27. The summed E-state index contributed by atoms with van der Waals surface area (Å²) in [6.45, 7) is 3.51. The molecule has 2 aromatic carbocycles. The van der Waals surface area contributed by atoms with Gasteiger partial charge in [0.1, 0.15) is 13.1 Å². The van der Waals surface area contributed by atoms with Crippen molar-refractivity contribution in [1.29, 1.82) is 0 Å². The number of quaternary nitrogens is 1. The predicted octanol–water partition coefficient (Wildman–Crippen LogP) is 1.98. The van der Waals surface area contributed by atoms with Crippen molar-refractivity contribution in [3.05, 3.63) is 66.0 Å². The molecule has 0 spiro atoms. The van der Waals surface area contributed by atoms with Crippen molar-refractivity contribution in [2.24, 2.45) is 0 Å². The van der Waals surface area contributed by atoms with Crippen molar-refractivity contribution in [2.75, 3.05) is 26.2 Å². The summed E-state index contributed by atoms with van der Waals surface area (Å²) >= 11 is 0. The Morgan fingerprint density at radius 3 is 2.48 bits per heavy atom. The molecule has 4 rings (SSSR count). The number of carbonyl (C=O) groups is 1. The van der Waals surface area contributed by atoms with Gasteiger partial charge in [0.25, 0.3) is 0 Å². The first-order chi connectivity index (χ1) is 13.9. The number of alkyl halides is 3. The van der Waals surface area contributed by atoms with Gasteiger partial charge in [-0.15, -0.1) is 0 Å². The quantitative estimate of drug-likeness (QED) is 0.724. The molecule has 1 amide bonds. The zero-order valence-electron chi connectivity index (χ0n) is 15.8. The summed E-state index contributed by atoms with van der Waals surface area (Å²) in [6, 6.07) is 15.5. The Balaban J connectivity index is 1.33. The van der Waals surface area contributed by atoms with Crippen LogP contribution in [-0.4, -0.2) is 46.8 Å². The molecule has 0 atom stereocenters. The topological polar surface area (TPSA) is 42.6 Å². The molecule has 0 bridgehead atoms. The van der Waals surface area contributed by atoms with Crippen molar-refractivity contribution in [2.45, 2.75) is 19.3 Å². The molecule has 152 valence electrons. The summed E-state index contributed by atoms with van der Waals surface area (Å²) in [5.41, 5.74) is 0.309. The Morgan fingerprint density at radius 2 is 1.76 bits per heavy atom. The lowest BCUT2D eigenvalue weighted by molar-refractivity contribution is -0.917. The van der Waals surface area contributed by atoms with Gasteiger partial charge in [-0.05, 0) is 16.8 Å². The highest BCUT2D eigenvalue weighted by atomic mass is 19.4. The van der Waals surface area contributed by atoms with E-state index in [1.54, 1.807) is 4.90 Å². The minimum atomic E-state index is -4.50. The van der Waals surface area contributed by atoms with Gasteiger partial charge in [0, 0.05) is 11.8 Å². The van der Waals surface area contributed by atoms with Crippen LogP contribution >= 0.6 is 0 Å². The van der Waals surface area contributed by atoms with E-state index < -0.39 is 11.9 Å². The fraction of sp³-hybridized carbons (Fsp3) is 0.333. The first-order valence-corrected chi connectivity index (χ1v) is 9.59. The molecule has 1 fully saturated rings. The van der Waals surface area contributed by atoms with E-state index in [2.05, 4.69) is 35.4 Å². The van der Waals surface area contributed by atoms with Gasteiger partial charge in [0.2, 0.25) is 5.91 Å². The Labute approximate surface area is 166 Å². The third-order valence-corrected chi connectivity index (χ3v) is 5.37. The van der Waals surface area contributed by atoms with Crippen LogP contribution in [0.1, 0.15) is 11.3 Å². The number of hydrogen-bond donors (Lipinski definition) is 1. The second kappa shape index (κ2) is 7.87. The molecule has 1 aliphatic rings. The van der Waals surface area contributed by atoms with Crippen molar-refractivity contribution in [1.82, 2.24) is 14.7 Å². The van der Waals surface area contributed by atoms with E-state index in [4.69, 9.17) is 0 Å². The molecular weight excluding hydrogens is 381 g/mol. The second-order valence-corrected chi connectivity index (χ2v) is 7.34. The molecule has 2 heterocycles. The molecule has 3 aromatic rings. The van der Waals surface area contributed by atoms with Crippen LogP contribution in [0.3, 0.4) is 0 Å². The molecule has 8 heteroatoms. The van der Waals surface area contributed by atoms with E-state index in [-0.39, 0.29) is 12.5 Å². The lowest BCUT2D eigenvalue weighted by Crippen LogP contribution is -3.13. The third kappa shape index (κ3) is 4.42. The molecule has 1 saturated heterocycles. The number of carbonyl (C=O) groups excluding carboxylic acids is 1. The molecule has 0 unspecified atom stereocenters. The minimum Gasteiger partial charge on any atom is -0.330 e. The van der Waals surface area contributed by atoms with Gasteiger partial charge < -0.3 is 9.80 Å². The van der Waals surface area contributed by atoms with Gasteiger partial charge in [-0.1, -0.05) is 42.5 Å². The fourth-order valence-corrected chi connectivity index (χ4v) is 3.80. The SMILES string of the molecule is O=C(Cn1ccc(C(F)(F)F)n1)N1CC[NH+](Cc2cccc3ccccc23)CC1. The largest absolute Gasteiger partial charge is 0.435 e. The number of aromatic nitrogens is 2. The van der Waals surface area contributed by atoms with Gasteiger partial charge in [-0.2, -0.15) is 18.3 Å². The highest BCUT2D eigenvalue weighted by Gasteiger charge is 2.34. The highest BCUT2D eigenvalue weighted by molar-refractivity contribution is 5.85. The van der Waals surface area contributed by atoms with Gasteiger partial charge in [-0.3, -0.25) is 9.48 Å². The first-order valence-electron chi connectivity index (χ1n) is 9.59. The first kappa shape index (κ1) is 19.4. The average molecular weight is 403 g/mol. The van der Waals surface area contributed by atoms with Crippen LogP contribution in [0.5, 0.6) is 0 Å². The second-order valence-electron chi connectivity index (χ2n) is 7.34. The summed E-state index contributed by atoms with van der Waals surface area (Å²) in [7, 11) is 0. The number of benzene rings is 2. The van der Waals surface area contributed by atoms with Crippen LogP contribution < -0.4 is 4.90 Å². The molecule has 0 radical (unpaired) electrons. The smallest absolute Gasteiger partial charge is 0.330 e. The Hall–Kier alpha value is -2.87. The van der Waals surface area contributed by atoms with E-state index >= 15 is 0 Å². The van der Waals surface area contributed by atoms with Crippen molar-refractivity contribution in [3.8, 4) is 0 Å². The third-order valence-electron chi connectivity index (χ3n) is 5.37. The van der Waals surface area contributed by atoms with Crippen molar-refractivity contribution >= 4 is 16.7 Å².